The van der Waals surface area contributed by atoms with E-state index in [1.54, 1.807) is 38.9 Å². The standard InChI is InChI=1S/C26H20N6O2/c1-33-24-9-19-18-8-22(32-26(28)20(18)14-30-23(19)10-25(24)34-2)16-7-17(13-29-12-16)31-21-6-4-3-5-15(21)11-27/h3-10,12-14,31H,1-2H3,(H2,28,32). The Hall–Kier alpha value is -4.90. The lowest BCUT2D eigenvalue weighted by Crippen LogP contribution is -1.98. The van der Waals surface area contributed by atoms with Gasteiger partial charge in [0.25, 0.3) is 0 Å². The summed E-state index contributed by atoms with van der Waals surface area (Å²) in [5, 5.41) is 15.1. The molecular formula is C26H20N6O2. The number of rotatable bonds is 5. The highest BCUT2D eigenvalue weighted by atomic mass is 16.5. The van der Waals surface area contributed by atoms with Gasteiger partial charge in [-0.1, -0.05) is 12.1 Å². The predicted molar refractivity (Wildman–Crippen MR) is 132 cm³/mol. The topological polar surface area (TPSA) is 119 Å². The average molecular weight is 448 g/mol. The highest BCUT2D eigenvalue weighted by Crippen LogP contribution is 2.37. The number of aromatic nitrogens is 3. The van der Waals surface area contributed by atoms with Crippen LogP contribution in [0.3, 0.4) is 0 Å². The van der Waals surface area contributed by atoms with Crippen molar-refractivity contribution < 1.29 is 9.47 Å². The van der Waals surface area contributed by atoms with Crippen LogP contribution < -0.4 is 20.5 Å². The summed E-state index contributed by atoms with van der Waals surface area (Å²) in [5.41, 5.74) is 10.5. The monoisotopic (exact) mass is 448 g/mol. The number of hydrogen-bond donors (Lipinski definition) is 2. The lowest BCUT2D eigenvalue weighted by molar-refractivity contribution is 0.356. The van der Waals surface area contributed by atoms with E-state index < -0.39 is 0 Å². The van der Waals surface area contributed by atoms with Crippen molar-refractivity contribution >= 4 is 38.9 Å². The molecule has 8 heteroatoms. The third-order valence-corrected chi connectivity index (χ3v) is 5.57. The van der Waals surface area contributed by atoms with Crippen molar-refractivity contribution in [3.8, 4) is 28.8 Å². The second-order valence-electron chi connectivity index (χ2n) is 7.58. The Balaban J connectivity index is 1.63. The van der Waals surface area contributed by atoms with E-state index in [-0.39, 0.29) is 0 Å². The number of nitrogen functional groups attached to an aromatic ring is 1. The first-order chi connectivity index (χ1) is 16.6. The lowest BCUT2D eigenvalue weighted by atomic mass is 10.0. The van der Waals surface area contributed by atoms with Gasteiger partial charge in [-0.25, -0.2) is 4.98 Å². The molecule has 0 aliphatic rings. The lowest BCUT2D eigenvalue weighted by Gasteiger charge is -2.13. The molecule has 8 nitrogen and oxygen atoms in total. The van der Waals surface area contributed by atoms with Crippen molar-refractivity contribution in [3.63, 3.8) is 0 Å². The molecule has 0 amide bonds. The Morgan fingerprint density at radius 3 is 2.50 bits per heavy atom. The van der Waals surface area contributed by atoms with Crippen molar-refractivity contribution in [2.45, 2.75) is 0 Å². The van der Waals surface area contributed by atoms with Crippen molar-refractivity contribution in [2.75, 3.05) is 25.3 Å². The largest absolute Gasteiger partial charge is 0.493 e. The molecule has 0 saturated heterocycles. The molecule has 0 unspecified atom stereocenters. The van der Waals surface area contributed by atoms with Crippen molar-refractivity contribution in [2.24, 2.45) is 0 Å². The van der Waals surface area contributed by atoms with Gasteiger partial charge >= 0.3 is 0 Å². The van der Waals surface area contributed by atoms with E-state index in [1.807, 2.05) is 42.5 Å². The van der Waals surface area contributed by atoms with E-state index in [4.69, 9.17) is 15.2 Å². The second-order valence-corrected chi connectivity index (χ2v) is 7.58. The Morgan fingerprint density at radius 2 is 1.71 bits per heavy atom. The van der Waals surface area contributed by atoms with Crippen molar-refractivity contribution in [3.05, 3.63) is 72.7 Å². The number of fused-ring (bicyclic) bond motifs is 3. The molecule has 3 heterocycles. The maximum atomic E-state index is 9.37. The SMILES string of the molecule is COc1cc2ncc3c(N)nc(-c4cncc(Nc5ccccc5C#N)c4)cc3c2cc1OC. The maximum absolute atomic E-state index is 9.37. The number of nitriles is 1. The number of nitrogens with two attached hydrogens (primary N) is 1. The van der Waals surface area contributed by atoms with Crippen LogP contribution in [0.25, 0.3) is 32.9 Å². The summed E-state index contributed by atoms with van der Waals surface area (Å²) in [4.78, 5) is 13.5. The molecule has 0 bridgehead atoms. The average Bonchev–Trinajstić information content (AvgIpc) is 2.88. The van der Waals surface area contributed by atoms with Crippen LogP contribution >= 0.6 is 0 Å². The van der Waals surface area contributed by atoms with Crippen LogP contribution in [0.4, 0.5) is 17.2 Å². The molecule has 5 rings (SSSR count). The van der Waals surface area contributed by atoms with E-state index >= 15 is 0 Å². The third-order valence-electron chi connectivity index (χ3n) is 5.57. The number of ether oxygens (including phenoxy) is 2. The van der Waals surface area contributed by atoms with Crippen LogP contribution in [0.5, 0.6) is 11.5 Å². The fraction of sp³-hybridized carbons (Fsp3) is 0.0769. The van der Waals surface area contributed by atoms with Crippen LogP contribution in [0.1, 0.15) is 5.56 Å². The van der Waals surface area contributed by atoms with Gasteiger partial charge in [0.15, 0.2) is 11.5 Å². The normalized spacial score (nSPS) is 10.7. The number of pyridine rings is 3. The number of anilines is 3. The van der Waals surface area contributed by atoms with E-state index in [1.165, 1.54) is 0 Å². The molecule has 0 saturated carbocycles. The predicted octanol–water partition coefficient (Wildman–Crippen LogP) is 5.06. The first-order valence-electron chi connectivity index (χ1n) is 10.4. The molecule has 0 atom stereocenters. The summed E-state index contributed by atoms with van der Waals surface area (Å²) in [6, 6.07) is 17.1. The molecule has 34 heavy (non-hydrogen) atoms. The van der Waals surface area contributed by atoms with E-state index in [0.717, 1.165) is 32.9 Å². The van der Waals surface area contributed by atoms with Crippen LogP contribution in [-0.4, -0.2) is 29.2 Å². The second kappa shape index (κ2) is 8.56. The number of para-hydroxylation sites is 1. The Morgan fingerprint density at radius 1 is 0.912 bits per heavy atom. The number of nitrogens with zero attached hydrogens (tertiary/aromatic N) is 4. The Bertz CT molecular complexity index is 1590. The maximum Gasteiger partial charge on any atom is 0.162 e. The molecule has 0 aliphatic heterocycles. The molecule has 0 radical (unpaired) electrons. The number of hydrogen-bond acceptors (Lipinski definition) is 8. The van der Waals surface area contributed by atoms with Gasteiger partial charge in [-0.3, -0.25) is 9.97 Å². The minimum absolute atomic E-state index is 0.366. The Kier molecular flexibility index (Phi) is 5.28. The van der Waals surface area contributed by atoms with E-state index in [9.17, 15) is 5.26 Å². The zero-order valence-electron chi connectivity index (χ0n) is 18.5. The summed E-state index contributed by atoms with van der Waals surface area (Å²) in [5.74, 6) is 1.57. The van der Waals surface area contributed by atoms with E-state index in [0.29, 0.717) is 34.3 Å². The Labute approximate surface area is 195 Å². The number of methoxy groups -OCH3 is 2. The zero-order chi connectivity index (χ0) is 23.7. The van der Waals surface area contributed by atoms with Gasteiger partial charge < -0.3 is 20.5 Å². The molecule has 5 aromatic rings. The van der Waals surface area contributed by atoms with Gasteiger partial charge in [-0.15, -0.1) is 0 Å². The zero-order valence-corrected chi connectivity index (χ0v) is 18.5. The van der Waals surface area contributed by atoms with Gasteiger partial charge in [0.05, 0.1) is 48.6 Å². The summed E-state index contributed by atoms with van der Waals surface area (Å²) in [7, 11) is 3.19. The molecule has 3 N–H and O–H groups in total. The molecule has 0 fully saturated rings. The molecular weight excluding hydrogens is 428 g/mol. The minimum atomic E-state index is 0.366. The highest BCUT2D eigenvalue weighted by molar-refractivity contribution is 6.10. The van der Waals surface area contributed by atoms with Gasteiger partial charge in [0.1, 0.15) is 11.9 Å². The molecule has 166 valence electrons. The van der Waals surface area contributed by atoms with Crippen LogP contribution in [0, 0.1) is 11.3 Å². The van der Waals surface area contributed by atoms with E-state index in [2.05, 4.69) is 26.3 Å². The minimum Gasteiger partial charge on any atom is -0.493 e. The smallest absolute Gasteiger partial charge is 0.162 e. The molecule has 3 aromatic heterocycles. The quantitative estimate of drug-likeness (QED) is 0.358. The first-order valence-corrected chi connectivity index (χ1v) is 10.4. The van der Waals surface area contributed by atoms with Gasteiger partial charge in [-0.2, -0.15) is 5.26 Å². The van der Waals surface area contributed by atoms with Crippen LogP contribution in [0.2, 0.25) is 0 Å². The van der Waals surface area contributed by atoms with Crippen molar-refractivity contribution in [1.82, 2.24) is 15.0 Å². The third kappa shape index (κ3) is 3.65. The molecule has 0 spiro atoms. The number of nitrogens with one attached hydrogen (secondary N) is 1. The summed E-state index contributed by atoms with van der Waals surface area (Å²) < 4.78 is 10.9. The van der Waals surface area contributed by atoms with Gasteiger partial charge in [-0.05, 0) is 35.7 Å². The fourth-order valence-corrected chi connectivity index (χ4v) is 3.90. The van der Waals surface area contributed by atoms with Crippen LogP contribution in [-0.2, 0) is 0 Å². The summed E-state index contributed by atoms with van der Waals surface area (Å²) in [6.07, 6.45) is 5.13. The van der Waals surface area contributed by atoms with Crippen molar-refractivity contribution in [1.29, 1.82) is 5.26 Å². The number of benzene rings is 2. The summed E-state index contributed by atoms with van der Waals surface area (Å²) in [6.45, 7) is 0. The van der Waals surface area contributed by atoms with Gasteiger partial charge in [0, 0.05) is 34.8 Å². The summed E-state index contributed by atoms with van der Waals surface area (Å²) >= 11 is 0. The molecule has 0 aliphatic carbocycles. The fourth-order valence-electron chi connectivity index (χ4n) is 3.90. The van der Waals surface area contributed by atoms with Gasteiger partial charge in [0.2, 0.25) is 0 Å². The first kappa shape index (κ1) is 21.0. The highest BCUT2D eigenvalue weighted by Gasteiger charge is 2.14. The van der Waals surface area contributed by atoms with Crippen LogP contribution in [0.15, 0.2) is 67.1 Å². The molecule has 2 aromatic carbocycles.